The Hall–Kier alpha value is -6.78. The monoisotopic (exact) mass is 759 g/mol. The van der Waals surface area contributed by atoms with Crippen molar-refractivity contribution in [3.8, 4) is 27.9 Å². The molecule has 11 rings (SSSR count). The van der Waals surface area contributed by atoms with Crippen LogP contribution in [-0.2, 0) is 0 Å². The Morgan fingerprint density at radius 3 is 1.40 bits per heavy atom. The lowest BCUT2D eigenvalue weighted by Gasteiger charge is -2.34. The number of nitrogens with zero attached hydrogens (tertiary/aromatic N) is 1. The number of thiophene rings is 1. The maximum absolute atomic E-state index is 2.73. The Labute approximate surface area is 337 Å². The highest BCUT2D eigenvalue weighted by Crippen LogP contribution is 2.41. The molecule has 0 aliphatic heterocycles. The molecule has 268 valence electrons. The van der Waals surface area contributed by atoms with Crippen molar-refractivity contribution in [2.24, 2.45) is 0 Å². The number of benzene rings is 9. The normalized spacial score (nSPS) is 11.9. The van der Waals surface area contributed by atoms with Crippen LogP contribution >= 0.6 is 11.3 Å². The zero-order valence-electron chi connectivity index (χ0n) is 31.2. The van der Waals surface area contributed by atoms with Crippen LogP contribution in [0.4, 0.5) is 0 Å². The summed E-state index contributed by atoms with van der Waals surface area (Å²) in [5.41, 5.74) is 8.51. The van der Waals surface area contributed by atoms with E-state index in [0.717, 1.165) is 5.69 Å². The summed E-state index contributed by atoms with van der Waals surface area (Å²) in [7, 11) is -2.73. The van der Waals surface area contributed by atoms with Gasteiger partial charge in [0.05, 0.1) is 11.0 Å². The fourth-order valence-electron chi connectivity index (χ4n) is 9.27. The summed E-state index contributed by atoms with van der Waals surface area (Å²) >= 11 is 1.96. The summed E-state index contributed by atoms with van der Waals surface area (Å²) < 4.78 is 5.10. The van der Waals surface area contributed by atoms with Gasteiger partial charge in [-0.25, -0.2) is 0 Å². The van der Waals surface area contributed by atoms with Crippen molar-refractivity contribution in [1.29, 1.82) is 0 Å². The minimum absolute atomic E-state index is 1.16. The van der Waals surface area contributed by atoms with Gasteiger partial charge in [-0.2, -0.15) is 0 Å². The Bertz CT molecular complexity index is 3080. The van der Waals surface area contributed by atoms with E-state index in [2.05, 4.69) is 229 Å². The summed E-state index contributed by atoms with van der Waals surface area (Å²) in [5, 5.41) is 10.8. The molecule has 0 aliphatic carbocycles. The van der Waals surface area contributed by atoms with Crippen LogP contribution in [0.25, 0.3) is 69.9 Å². The molecular weight excluding hydrogens is 723 g/mol. The third kappa shape index (κ3) is 5.35. The molecule has 1 nitrogen and oxygen atoms in total. The summed E-state index contributed by atoms with van der Waals surface area (Å²) in [6.45, 7) is 0. The summed E-state index contributed by atoms with van der Waals surface area (Å²) in [6, 6.07) is 83.2. The lowest BCUT2D eigenvalue weighted by molar-refractivity contribution is 1.18. The summed E-state index contributed by atoms with van der Waals surface area (Å²) in [6.07, 6.45) is 0. The zero-order chi connectivity index (χ0) is 37.8. The Balaban J connectivity index is 1.09. The highest BCUT2D eigenvalue weighted by Gasteiger charge is 2.42. The van der Waals surface area contributed by atoms with Gasteiger partial charge < -0.3 is 4.57 Å². The molecule has 0 saturated carbocycles. The number of hydrogen-bond donors (Lipinski definition) is 0. The molecule has 0 bridgehead atoms. The van der Waals surface area contributed by atoms with Gasteiger partial charge in [0, 0.05) is 36.6 Å². The number of hydrogen-bond acceptors (Lipinski definition) is 1. The number of para-hydroxylation sites is 2. The van der Waals surface area contributed by atoms with Gasteiger partial charge >= 0.3 is 0 Å². The molecule has 0 unspecified atom stereocenters. The Morgan fingerprint density at radius 2 is 0.789 bits per heavy atom. The number of fused-ring (bicyclic) bond motifs is 6. The molecule has 3 heteroatoms. The first kappa shape index (κ1) is 33.5. The minimum atomic E-state index is -2.73. The molecule has 0 fully saturated rings. The van der Waals surface area contributed by atoms with Gasteiger partial charge in [-0.05, 0) is 73.3 Å². The molecule has 0 aliphatic rings. The Morgan fingerprint density at radius 1 is 0.333 bits per heavy atom. The fraction of sp³-hybridized carbons (Fsp3) is 0. The van der Waals surface area contributed by atoms with Crippen LogP contribution in [0.1, 0.15) is 0 Å². The lowest BCUT2D eigenvalue weighted by atomic mass is 9.97. The Kier molecular flexibility index (Phi) is 8.09. The highest BCUT2D eigenvalue weighted by atomic mass is 32.1. The SMILES string of the molecule is c1ccc([Si](c2ccccc2)(c2ccccc2)c2cccc3c2sc2c(-c4cccc(-c5cccc(-n6c7ccccc7c7ccccc76)c5)c4)cccc23)cc1. The molecular formula is C54H37NSSi. The van der Waals surface area contributed by atoms with Crippen molar-refractivity contribution in [3.05, 3.63) is 224 Å². The van der Waals surface area contributed by atoms with E-state index in [0.29, 0.717) is 0 Å². The van der Waals surface area contributed by atoms with E-state index in [4.69, 9.17) is 0 Å². The first-order valence-electron chi connectivity index (χ1n) is 19.6. The van der Waals surface area contributed by atoms with E-state index < -0.39 is 8.07 Å². The van der Waals surface area contributed by atoms with E-state index in [9.17, 15) is 0 Å². The third-order valence-corrected chi connectivity index (χ3v) is 18.0. The van der Waals surface area contributed by atoms with Crippen LogP contribution < -0.4 is 20.7 Å². The zero-order valence-corrected chi connectivity index (χ0v) is 33.0. The third-order valence-electron chi connectivity index (χ3n) is 11.7. The quantitative estimate of drug-likeness (QED) is 0.113. The van der Waals surface area contributed by atoms with Crippen molar-refractivity contribution in [1.82, 2.24) is 4.57 Å². The highest BCUT2D eigenvalue weighted by molar-refractivity contribution is 7.31. The van der Waals surface area contributed by atoms with Gasteiger partial charge in [0.25, 0.3) is 0 Å². The van der Waals surface area contributed by atoms with Gasteiger partial charge in [0.15, 0.2) is 8.07 Å². The van der Waals surface area contributed by atoms with Crippen LogP contribution in [-0.4, -0.2) is 12.6 Å². The smallest absolute Gasteiger partial charge is 0.181 e. The first-order chi connectivity index (χ1) is 28.3. The standard InChI is InChI=1S/C54H37NSSi/c1-4-22-42(23-5-1)57(43-24-6-2-7-25-43,44-26-8-3-9-27-44)52-35-17-32-49-48-31-16-30-45(53(48)56-54(49)52)40-20-14-18-38(36-40)39-19-15-21-41(37-39)55-50-33-12-10-28-46(50)47-29-11-13-34-51(47)55/h1-37H. The number of rotatable bonds is 7. The van der Waals surface area contributed by atoms with Crippen molar-refractivity contribution in [2.45, 2.75) is 0 Å². The maximum Gasteiger partial charge on any atom is 0.181 e. The predicted molar refractivity (Wildman–Crippen MR) is 248 cm³/mol. The van der Waals surface area contributed by atoms with Gasteiger partial charge in [0.2, 0.25) is 0 Å². The van der Waals surface area contributed by atoms with E-state index >= 15 is 0 Å². The molecule has 0 N–H and O–H groups in total. The second kappa shape index (κ2) is 13.8. The van der Waals surface area contributed by atoms with Crippen LogP contribution in [0.2, 0.25) is 0 Å². The second-order valence-electron chi connectivity index (χ2n) is 14.8. The van der Waals surface area contributed by atoms with Crippen molar-refractivity contribution < 1.29 is 0 Å². The van der Waals surface area contributed by atoms with Crippen LogP contribution in [0, 0.1) is 0 Å². The molecule has 0 atom stereocenters. The largest absolute Gasteiger partial charge is 0.309 e. The van der Waals surface area contributed by atoms with Crippen molar-refractivity contribution in [2.75, 3.05) is 0 Å². The van der Waals surface area contributed by atoms with Crippen molar-refractivity contribution in [3.63, 3.8) is 0 Å². The average molecular weight is 760 g/mol. The van der Waals surface area contributed by atoms with Gasteiger partial charge in [-0.15, -0.1) is 11.3 Å². The predicted octanol–water partition coefficient (Wildman–Crippen LogP) is 11.9. The van der Waals surface area contributed by atoms with Crippen LogP contribution in [0.5, 0.6) is 0 Å². The average Bonchev–Trinajstić information content (AvgIpc) is 3.85. The molecule has 57 heavy (non-hydrogen) atoms. The summed E-state index contributed by atoms with van der Waals surface area (Å²) in [4.78, 5) is 0. The summed E-state index contributed by atoms with van der Waals surface area (Å²) in [5.74, 6) is 0. The van der Waals surface area contributed by atoms with Gasteiger partial charge in [-0.1, -0.05) is 194 Å². The van der Waals surface area contributed by atoms with Gasteiger partial charge in [-0.3, -0.25) is 0 Å². The molecule has 11 aromatic rings. The molecule has 0 spiro atoms. The molecule has 9 aromatic carbocycles. The van der Waals surface area contributed by atoms with E-state index in [1.807, 2.05) is 11.3 Å². The topological polar surface area (TPSA) is 4.93 Å². The second-order valence-corrected chi connectivity index (χ2v) is 19.6. The van der Waals surface area contributed by atoms with Crippen LogP contribution in [0.3, 0.4) is 0 Å². The fourth-order valence-corrected chi connectivity index (χ4v) is 16.0. The molecule has 0 radical (unpaired) electrons. The number of aromatic nitrogens is 1. The molecule has 2 heterocycles. The van der Waals surface area contributed by atoms with E-state index in [1.54, 1.807) is 0 Å². The van der Waals surface area contributed by atoms with E-state index in [1.165, 1.54) is 85.0 Å². The van der Waals surface area contributed by atoms with Crippen LogP contribution in [0.15, 0.2) is 224 Å². The van der Waals surface area contributed by atoms with E-state index in [-0.39, 0.29) is 0 Å². The van der Waals surface area contributed by atoms with Gasteiger partial charge in [0.1, 0.15) is 0 Å². The minimum Gasteiger partial charge on any atom is -0.309 e. The molecule has 2 aromatic heterocycles. The first-order valence-corrected chi connectivity index (χ1v) is 22.4. The molecule has 0 saturated heterocycles. The molecule has 0 amide bonds. The van der Waals surface area contributed by atoms with Crippen molar-refractivity contribution >= 4 is 82.1 Å². The maximum atomic E-state index is 2.42. The lowest BCUT2D eigenvalue weighted by Crippen LogP contribution is -2.74.